The van der Waals surface area contributed by atoms with Crippen LogP contribution in [0.2, 0.25) is 0 Å². The molecule has 0 spiro atoms. The van der Waals surface area contributed by atoms with E-state index in [1.165, 1.54) is 22.0 Å². The Labute approximate surface area is 153 Å². The van der Waals surface area contributed by atoms with E-state index in [1.807, 2.05) is 29.2 Å². The van der Waals surface area contributed by atoms with Gasteiger partial charge in [0.05, 0.1) is 7.11 Å². The van der Waals surface area contributed by atoms with Crippen LogP contribution in [-0.4, -0.2) is 29.2 Å². The maximum Gasteiger partial charge on any atom is 0.317 e. The third kappa shape index (κ3) is 3.01. The van der Waals surface area contributed by atoms with Gasteiger partial charge < -0.3 is 19.5 Å². The summed E-state index contributed by atoms with van der Waals surface area (Å²) < 4.78 is 7.34. The SMILES string of the molecule is COc1ccc(CNC(=O)N2CCc3cn(C)c4cccc(c34)C2)cc1. The van der Waals surface area contributed by atoms with E-state index in [2.05, 4.69) is 41.3 Å². The Kier molecular flexibility index (Phi) is 4.29. The Morgan fingerprint density at radius 2 is 1.96 bits per heavy atom. The number of amides is 2. The second-order valence-electron chi connectivity index (χ2n) is 6.75. The maximum absolute atomic E-state index is 12.7. The van der Waals surface area contributed by atoms with E-state index in [1.54, 1.807) is 7.11 Å². The number of carbonyl (C=O) groups excluding carboxylic acids is 1. The highest BCUT2D eigenvalue weighted by molar-refractivity contribution is 5.88. The molecule has 0 aliphatic carbocycles. The third-order valence-electron chi connectivity index (χ3n) is 5.08. The van der Waals surface area contributed by atoms with Gasteiger partial charge in [-0.2, -0.15) is 0 Å². The first-order valence-corrected chi connectivity index (χ1v) is 8.87. The van der Waals surface area contributed by atoms with Crippen LogP contribution in [0.5, 0.6) is 5.75 Å². The molecule has 0 atom stereocenters. The molecule has 0 unspecified atom stereocenters. The fraction of sp³-hybridized carbons (Fsp3) is 0.286. The summed E-state index contributed by atoms with van der Waals surface area (Å²) in [5.41, 5.74) is 4.83. The van der Waals surface area contributed by atoms with Crippen molar-refractivity contribution in [3.8, 4) is 5.75 Å². The van der Waals surface area contributed by atoms with Crippen molar-refractivity contribution < 1.29 is 9.53 Å². The van der Waals surface area contributed by atoms with Crippen LogP contribution < -0.4 is 10.1 Å². The average Bonchev–Trinajstić information content (AvgIpc) is 2.88. The van der Waals surface area contributed by atoms with Crippen molar-refractivity contribution in [3.05, 3.63) is 65.4 Å². The third-order valence-corrected chi connectivity index (χ3v) is 5.08. The topological polar surface area (TPSA) is 46.5 Å². The summed E-state index contributed by atoms with van der Waals surface area (Å²) in [6.07, 6.45) is 3.07. The highest BCUT2D eigenvalue weighted by atomic mass is 16.5. The van der Waals surface area contributed by atoms with E-state index < -0.39 is 0 Å². The number of aryl methyl sites for hydroxylation is 1. The summed E-state index contributed by atoms with van der Waals surface area (Å²) in [5, 5.41) is 4.34. The Balaban J connectivity index is 1.47. The molecule has 4 rings (SSSR count). The predicted molar refractivity (Wildman–Crippen MR) is 102 cm³/mol. The monoisotopic (exact) mass is 349 g/mol. The average molecular weight is 349 g/mol. The van der Waals surface area contributed by atoms with E-state index in [0.717, 1.165) is 24.3 Å². The lowest BCUT2D eigenvalue weighted by Gasteiger charge is -2.22. The zero-order valence-corrected chi connectivity index (χ0v) is 15.2. The van der Waals surface area contributed by atoms with Crippen LogP contribution in [0.1, 0.15) is 16.7 Å². The molecule has 26 heavy (non-hydrogen) atoms. The summed E-state index contributed by atoms with van der Waals surface area (Å²) in [6.45, 7) is 1.88. The molecule has 0 fully saturated rings. The molecule has 2 heterocycles. The molecule has 0 saturated carbocycles. The number of methoxy groups -OCH3 is 1. The van der Waals surface area contributed by atoms with Crippen molar-refractivity contribution >= 4 is 16.9 Å². The molecular formula is C21H23N3O2. The van der Waals surface area contributed by atoms with Crippen LogP contribution in [0.15, 0.2) is 48.7 Å². The second kappa shape index (κ2) is 6.75. The molecule has 5 heteroatoms. The molecule has 1 N–H and O–H groups in total. The van der Waals surface area contributed by atoms with Crippen molar-refractivity contribution in [2.75, 3.05) is 13.7 Å². The number of hydrogen-bond acceptors (Lipinski definition) is 2. The maximum atomic E-state index is 12.7. The molecule has 2 amide bonds. The number of urea groups is 1. The van der Waals surface area contributed by atoms with Crippen LogP contribution >= 0.6 is 0 Å². The summed E-state index contributed by atoms with van der Waals surface area (Å²) in [5.74, 6) is 0.818. The molecule has 0 radical (unpaired) electrons. The summed E-state index contributed by atoms with van der Waals surface area (Å²) in [4.78, 5) is 14.6. The lowest BCUT2D eigenvalue weighted by Crippen LogP contribution is -2.39. The number of benzene rings is 2. The number of nitrogens with zero attached hydrogens (tertiary/aromatic N) is 2. The lowest BCUT2D eigenvalue weighted by molar-refractivity contribution is 0.196. The van der Waals surface area contributed by atoms with Crippen LogP contribution in [-0.2, 0) is 26.6 Å². The van der Waals surface area contributed by atoms with Crippen LogP contribution in [0.3, 0.4) is 0 Å². The van der Waals surface area contributed by atoms with Crippen molar-refractivity contribution in [1.82, 2.24) is 14.8 Å². The fourth-order valence-electron chi connectivity index (χ4n) is 3.69. The zero-order chi connectivity index (χ0) is 18.1. The first kappa shape index (κ1) is 16.5. The van der Waals surface area contributed by atoms with Crippen molar-refractivity contribution in [2.24, 2.45) is 7.05 Å². The Hall–Kier alpha value is -2.95. The van der Waals surface area contributed by atoms with Crippen molar-refractivity contribution in [2.45, 2.75) is 19.5 Å². The molecule has 134 valence electrons. The van der Waals surface area contributed by atoms with Crippen molar-refractivity contribution in [3.63, 3.8) is 0 Å². The normalized spacial score (nSPS) is 13.5. The van der Waals surface area contributed by atoms with Gasteiger partial charge in [0.2, 0.25) is 0 Å². The Morgan fingerprint density at radius 3 is 2.73 bits per heavy atom. The molecule has 1 aromatic heterocycles. The van der Waals surface area contributed by atoms with Crippen LogP contribution in [0.4, 0.5) is 4.79 Å². The highest BCUT2D eigenvalue weighted by Gasteiger charge is 2.21. The largest absolute Gasteiger partial charge is 0.497 e. The van der Waals surface area contributed by atoms with Gasteiger partial charge in [-0.05, 0) is 41.3 Å². The van der Waals surface area contributed by atoms with Crippen LogP contribution in [0, 0.1) is 0 Å². The standard InChI is InChI=1S/C21H23N3O2/c1-23-13-17-10-11-24(14-16-4-3-5-19(23)20(16)17)21(25)22-12-15-6-8-18(26-2)9-7-15/h3-9,13H,10-12,14H2,1-2H3,(H,22,25). The molecule has 5 nitrogen and oxygen atoms in total. The number of hydrogen-bond donors (Lipinski definition) is 1. The number of rotatable bonds is 3. The van der Waals surface area contributed by atoms with E-state index in [0.29, 0.717) is 13.1 Å². The quantitative estimate of drug-likeness (QED) is 0.787. The molecule has 1 aliphatic rings. The zero-order valence-electron chi connectivity index (χ0n) is 15.2. The molecular weight excluding hydrogens is 326 g/mol. The number of carbonyl (C=O) groups is 1. The van der Waals surface area contributed by atoms with Gasteiger partial charge in [0.25, 0.3) is 0 Å². The molecule has 2 aromatic carbocycles. The molecule has 0 bridgehead atoms. The predicted octanol–water partition coefficient (Wildman–Crippen LogP) is 3.45. The smallest absolute Gasteiger partial charge is 0.317 e. The van der Waals surface area contributed by atoms with Gasteiger partial charge in [-0.3, -0.25) is 0 Å². The van der Waals surface area contributed by atoms with Crippen molar-refractivity contribution in [1.29, 1.82) is 0 Å². The van der Waals surface area contributed by atoms with Gasteiger partial charge >= 0.3 is 6.03 Å². The van der Waals surface area contributed by atoms with Gasteiger partial charge in [-0.25, -0.2) is 4.79 Å². The van der Waals surface area contributed by atoms with Gasteiger partial charge in [0, 0.05) is 43.8 Å². The molecule has 0 saturated heterocycles. The minimum absolute atomic E-state index is 0.0210. The number of nitrogens with one attached hydrogen (secondary N) is 1. The molecule has 3 aromatic rings. The lowest BCUT2D eigenvalue weighted by atomic mass is 10.1. The Morgan fingerprint density at radius 1 is 1.15 bits per heavy atom. The van der Waals surface area contributed by atoms with Gasteiger partial charge in [-0.15, -0.1) is 0 Å². The van der Waals surface area contributed by atoms with Gasteiger partial charge in [0.15, 0.2) is 0 Å². The summed E-state index contributed by atoms with van der Waals surface area (Å²) in [6, 6.07) is 14.1. The molecule has 1 aliphatic heterocycles. The van der Waals surface area contributed by atoms with E-state index in [4.69, 9.17) is 4.74 Å². The highest BCUT2D eigenvalue weighted by Crippen LogP contribution is 2.28. The summed E-state index contributed by atoms with van der Waals surface area (Å²) in [7, 11) is 3.73. The number of aromatic nitrogens is 1. The van der Waals surface area contributed by atoms with Gasteiger partial charge in [-0.1, -0.05) is 24.3 Å². The summed E-state index contributed by atoms with van der Waals surface area (Å²) >= 11 is 0. The van der Waals surface area contributed by atoms with E-state index in [9.17, 15) is 4.79 Å². The number of ether oxygens (including phenoxy) is 1. The first-order valence-electron chi connectivity index (χ1n) is 8.87. The van der Waals surface area contributed by atoms with E-state index >= 15 is 0 Å². The fourth-order valence-corrected chi connectivity index (χ4v) is 3.69. The van der Waals surface area contributed by atoms with E-state index in [-0.39, 0.29) is 6.03 Å². The van der Waals surface area contributed by atoms with Crippen LogP contribution in [0.25, 0.3) is 10.9 Å². The van der Waals surface area contributed by atoms with Gasteiger partial charge in [0.1, 0.15) is 5.75 Å². The Bertz CT molecular complexity index is 944. The minimum atomic E-state index is -0.0210. The first-order chi connectivity index (χ1) is 12.7. The second-order valence-corrected chi connectivity index (χ2v) is 6.75. The minimum Gasteiger partial charge on any atom is -0.497 e.